The average Bonchev–Trinajstić information content (AvgIpc) is 3.31. The molecule has 1 aliphatic carbocycles. The second kappa shape index (κ2) is 7.70. The van der Waals surface area contributed by atoms with E-state index in [2.05, 4.69) is 9.97 Å². The van der Waals surface area contributed by atoms with Crippen LogP contribution in [0.3, 0.4) is 0 Å². The van der Waals surface area contributed by atoms with Gasteiger partial charge in [0, 0.05) is 29.7 Å². The number of amides is 1. The van der Waals surface area contributed by atoms with Gasteiger partial charge in [-0.1, -0.05) is 36.6 Å². The maximum Gasteiger partial charge on any atom is 0.233 e. The van der Waals surface area contributed by atoms with E-state index >= 15 is 0 Å². The van der Waals surface area contributed by atoms with Crippen molar-refractivity contribution in [2.24, 2.45) is 0 Å². The molecule has 28 heavy (non-hydrogen) atoms. The summed E-state index contributed by atoms with van der Waals surface area (Å²) >= 11 is 6.07. The molecule has 148 valence electrons. The Bertz CT molecular complexity index is 842. The summed E-state index contributed by atoms with van der Waals surface area (Å²) in [7, 11) is 0. The quantitative estimate of drug-likeness (QED) is 0.771. The van der Waals surface area contributed by atoms with Crippen LogP contribution in [-0.4, -0.2) is 40.0 Å². The van der Waals surface area contributed by atoms with Crippen molar-refractivity contribution in [1.29, 1.82) is 0 Å². The van der Waals surface area contributed by atoms with Crippen molar-refractivity contribution in [1.82, 2.24) is 14.9 Å². The number of aryl methyl sites for hydroxylation is 2. The van der Waals surface area contributed by atoms with Crippen molar-refractivity contribution in [3.8, 4) is 5.88 Å². The molecule has 0 spiro atoms. The Hall–Kier alpha value is -2.14. The summed E-state index contributed by atoms with van der Waals surface area (Å²) in [4.78, 5) is 24.2. The van der Waals surface area contributed by atoms with Crippen LogP contribution in [0.5, 0.6) is 5.88 Å². The van der Waals surface area contributed by atoms with Crippen LogP contribution in [-0.2, 0) is 10.2 Å². The van der Waals surface area contributed by atoms with Crippen LogP contribution in [0.2, 0.25) is 5.02 Å². The van der Waals surface area contributed by atoms with Crippen LogP contribution in [0.4, 0.5) is 0 Å². The molecule has 0 N–H and O–H groups in total. The first kappa shape index (κ1) is 19.2. The summed E-state index contributed by atoms with van der Waals surface area (Å²) in [6, 6.07) is 9.66. The van der Waals surface area contributed by atoms with Crippen molar-refractivity contribution in [3.05, 3.63) is 52.4 Å². The number of halogens is 1. The normalized spacial score (nSPS) is 21.1. The zero-order valence-electron chi connectivity index (χ0n) is 16.4. The van der Waals surface area contributed by atoms with E-state index in [1.54, 1.807) is 0 Å². The molecule has 2 aliphatic rings. The van der Waals surface area contributed by atoms with Gasteiger partial charge < -0.3 is 9.64 Å². The highest BCUT2D eigenvalue weighted by atomic mass is 35.5. The van der Waals surface area contributed by atoms with Crippen LogP contribution in [0, 0.1) is 13.8 Å². The minimum absolute atomic E-state index is 0.0266. The van der Waals surface area contributed by atoms with Gasteiger partial charge in [-0.25, -0.2) is 4.98 Å². The van der Waals surface area contributed by atoms with Gasteiger partial charge in [-0.15, -0.1) is 0 Å². The van der Waals surface area contributed by atoms with Gasteiger partial charge in [0.05, 0.1) is 12.0 Å². The fourth-order valence-corrected chi connectivity index (χ4v) is 4.73. The summed E-state index contributed by atoms with van der Waals surface area (Å²) in [5.74, 6) is 1.53. The second-order valence-corrected chi connectivity index (χ2v) is 8.41. The van der Waals surface area contributed by atoms with Gasteiger partial charge in [0.25, 0.3) is 0 Å². The van der Waals surface area contributed by atoms with Crippen molar-refractivity contribution >= 4 is 17.5 Å². The Morgan fingerprint density at radius 3 is 2.57 bits per heavy atom. The Balaban J connectivity index is 1.49. The summed E-state index contributed by atoms with van der Waals surface area (Å²) in [5.41, 5.74) is 1.56. The first-order chi connectivity index (χ1) is 13.5. The molecule has 1 aromatic carbocycles. The number of likely N-dealkylation sites (tertiary alicyclic amines) is 1. The van der Waals surface area contributed by atoms with Gasteiger partial charge in [-0.3, -0.25) is 4.79 Å². The van der Waals surface area contributed by atoms with Crippen molar-refractivity contribution in [3.63, 3.8) is 0 Å². The maximum absolute atomic E-state index is 13.6. The van der Waals surface area contributed by atoms with E-state index in [-0.39, 0.29) is 12.0 Å². The molecule has 2 aromatic rings. The van der Waals surface area contributed by atoms with Crippen LogP contribution in [0.1, 0.15) is 49.2 Å². The number of hydrogen-bond acceptors (Lipinski definition) is 4. The molecule has 2 heterocycles. The number of ether oxygens (including phenoxy) is 1. The standard InChI is InChI=1S/C22H26ClN3O2/c1-15-13-20(25-16(2)24-15)28-19-9-12-26(14-19)21(27)22(10-3-4-11-22)17-5-7-18(23)8-6-17/h5-8,13,19H,3-4,9-12,14H2,1-2H3/t19-/m0/s1. The Kier molecular flexibility index (Phi) is 5.28. The molecule has 0 radical (unpaired) electrons. The van der Waals surface area contributed by atoms with E-state index in [9.17, 15) is 4.79 Å². The number of benzene rings is 1. The van der Waals surface area contributed by atoms with Crippen molar-refractivity contribution < 1.29 is 9.53 Å². The monoisotopic (exact) mass is 399 g/mol. The molecule has 1 aliphatic heterocycles. The summed E-state index contributed by atoms with van der Waals surface area (Å²) in [6.07, 6.45) is 4.77. The molecular formula is C22H26ClN3O2. The lowest BCUT2D eigenvalue weighted by atomic mass is 9.77. The third-order valence-electron chi connectivity index (χ3n) is 5.93. The fraction of sp³-hybridized carbons (Fsp3) is 0.500. The van der Waals surface area contributed by atoms with E-state index in [0.717, 1.165) is 49.9 Å². The molecule has 1 saturated heterocycles. The highest BCUT2D eigenvalue weighted by Crippen LogP contribution is 2.43. The average molecular weight is 400 g/mol. The van der Waals surface area contributed by atoms with Gasteiger partial charge in [0.15, 0.2) is 0 Å². The summed E-state index contributed by atoms with van der Waals surface area (Å²) in [5, 5.41) is 0.703. The van der Waals surface area contributed by atoms with E-state index in [1.807, 2.05) is 49.1 Å². The van der Waals surface area contributed by atoms with Gasteiger partial charge in [-0.05, 0) is 44.4 Å². The predicted molar refractivity (Wildman–Crippen MR) is 109 cm³/mol. The number of hydrogen-bond donors (Lipinski definition) is 0. The topological polar surface area (TPSA) is 55.3 Å². The largest absolute Gasteiger partial charge is 0.472 e. The molecule has 1 atom stereocenters. The highest BCUT2D eigenvalue weighted by Gasteiger charge is 2.46. The summed E-state index contributed by atoms with van der Waals surface area (Å²) < 4.78 is 6.07. The molecule has 5 nitrogen and oxygen atoms in total. The molecule has 0 bridgehead atoms. The highest BCUT2D eigenvalue weighted by molar-refractivity contribution is 6.30. The minimum Gasteiger partial charge on any atom is -0.472 e. The van der Waals surface area contributed by atoms with Gasteiger partial charge in [0.2, 0.25) is 11.8 Å². The van der Waals surface area contributed by atoms with Crippen molar-refractivity contribution in [2.75, 3.05) is 13.1 Å². The molecule has 4 rings (SSSR count). The lowest BCUT2D eigenvalue weighted by molar-refractivity contribution is -0.136. The first-order valence-electron chi connectivity index (χ1n) is 10.0. The molecule has 1 saturated carbocycles. The zero-order valence-corrected chi connectivity index (χ0v) is 17.2. The van der Waals surface area contributed by atoms with E-state index in [1.165, 1.54) is 0 Å². The number of rotatable bonds is 4. The van der Waals surface area contributed by atoms with Gasteiger partial charge >= 0.3 is 0 Å². The predicted octanol–water partition coefficient (Wildman–Crippen LogP) is 4.24. The van der Waals surface area contributed by atoms with Gasteiger partial charge in [0.1, 0.15) is 11.9 Å². The maximum atomic E-state index is 13.6. The number of carbonyl (C=O) groups is 1. The number of nitrogens with zero attached hydrogens (tertiary/aromatic N) is 3. The third kappa shape index (κ3) is 3.72. The lowest BCUT2D eigenvalue weighted by Gasteiger charge is -2.33. The summed E-state index contributed by atoms with van der Waals surface area (Å²) in [6.45, 7) is 5.13. The van der Waals surface area contributed by atoms with E-state index in [0.29, 0.717) is 23.3 Å². The SMILES string of the molecule is Cc1cc(O[C@H]2CCN(C(=O)C3(c4ccc(Cl)cc4)CCCC3)C2)nc(C)n1. The molecule has 1 aromatic heterocycles. The van der Waals surface area contributed by atoms with Crippen molar-refractivity contribution in [2.45, 2.75) is 57.5 Å². The van der Waals surface area contributed by atoms with Crippen LogP contribution in [0.25, 0.3) is 0 Å². The molecular weight excluding hydrogens is 374 g/mol. The fourth-order valence-electron chi connectivity index (χ4n) is 4.60. The first-order valence-corrected chi connectivity index (χ1v) is 10.4. The smallest absolute Gasteiger partial charge is 0.233 e. The third-order valence-corrected chi connectivity index (χ3v) is 6.18. The molecule has 0 unspecified atom stereocenters. The van der Waals surface area contributed by atoms with Crippen LogP contribution < -0.4 is 4.74 Å². The molecule has 6 heteroatoms. The van der Waals surface area contributed by atoms with Gasteiger partial charge in [-0.2, -0.15) is 4.98 Å². The minimum atomic E-state index is -0.415. The number of aromatic nitrogens is 2. The Morgan fingerprint density at radius 1 is 1.18 bits per heavy atom. The van der Waals surface area contributed by atoms with E-state index in [4.69, 9.17) is 16.3 Å². The zero-order chi connectivity index (χ0) is 19.7. The van der Waals surface area contributed by atoms with Crippen LogP contribution >= 0.6 is 11.6 Å². The molecule has 1 amide bonds. The number of carbonyl (C=O) groups excluding carboxylic acids is 1. The molecule has 2 fully saturated rings. The lowest BCUT2D eigenvalue weighted by Crippen LogP contribution is -2.45. The Morgan fingerprint density at radius 2 is 1.89 bits per heavy atom. The van der Waals surface area contributed by atoms with Crippen LogP contribution in [0.15, 0.2) is 30.3 Å². The second-order valence-electron chi connectivity index (χ2n) is 7.97. The Labute approximate surface area is 171 Å². The van der Waals surface area contributed by atoms with E-state index < -0.39 is 5.41 Å².